The zero-order valence-electron chi connectivity index (χ0n) is 19.4. The van der Waals surface area contributed by atoms with Crippen LogP contribution in [-0.4, -0.2) is 36.3 Å². The summed E-state index contributed by atoms with van der Waals surface area (Å²) in [4.78, 5) is 37.5. The largest absolute Gasteiger partial charge is 0.497 e. The minimum absolute atomic E-state index is 0.0754. The summed E-state index contributed by atoms with van der Waals surface area (Å²) in [5, 5.41) is 10.4. The zero-order valence-corrected chi connectivity index (χ0v) is 19.4. The molecule has 0 saturated carbocycles. The molecule has 1 aliphatic carbocycles. The maximum Gasteiger partial charge on any atom is 0.338 e. The lowest BCUT2D eigenvalue weighted by molar-refractivity contribution is -0.161. The van der Waals surface area contributed by atoms with E-state index in [9.17, 15) is 19.5 Å². The van der Waals surface area contributed by atoms with E-state index in [0.29, 0.717) is 11.1 Å². The lowest BCUT2D eigenvalue weighted by Gasteiger charge is -2.24. The monoisotopic (exact) mass is 485 g/mol. The molecule has 3 aromatic carbocycles. The highest BCUT2D eigenvalue weighted by Gasteiger charge is 2.45. The first-order valence-electron chi connectivity index (χ1n) is 11.3. The van der Waals surface area contributed by atoms with Gasteiger partial charge in [-0.15, -0.1) is 0 Å². The van der Waals surface area contributed by atoms with Gasteiger partial charge >= 0.3 is 17.6 Å². The fraction of sp³-hybridized carbons (Fsp3) is 0.179. The molecular weight excluding hydrogens is 462 g/mol. The first-order valence-corrected chi connectivity index (χ1v) is 11.3. The molecule has 0 bridgehead atoms. The third-order valence-electron chi connectivity index (χ3n) is 6.60. The van der Waals surface area contributed by atoms with Crippen molar-refractivity contribution in [2.45, 2.75) is 17.9 Å². The molecule has 0 unspecified atom stereocenters. The van der Waals surface area contributed by atoms with Crippen molar-refractivity contribution in [3.05, 3.63) is 99.9 Å². The molecule has 0 spiro atoms. The third-order valence-corrected chi connectivity index (χ3v) is 6.60. The van der Waals surface area contributed by atoms with E-state index in [1.165, 1.54) is 13.2 Å². The first kappa shape index (κ1) is 23.3. The Labute approximate surface area is 205 Å². The van der Waals surface area contributed by atoms with Gasteiger partial charge in [-0.05, 0) is 39.9 Å². The van der Waals surface area contributed by atoms with Crippen LogP contribution < -0.4 is 16.1 Å². The molecule has 0 saturated heterocycles. The quantitative estimate of drug-likeness (QED) is 0.231. The van der Waals surface area contributed by atoms with Crippen LogP contribution in [0, 0.1) is 0 Å². The second kappa shape index (κ2) is 8.98. The van der Waals surface area contributed by atoms with E-state index in [2.05, 4.69) is 0 Å². The number of benzene rings is 3. The highest BCUT2D eigenvalue weighted by molar-refractivity contribution is 6.04. The number of fused-ring (bicyclic) bond motifs is 4. The minimum Gasteiger partial charge on any atom is -0.497 e. The molecule has 1 heterocycles. The Bertz CT molecular complexity index is 1510. The number of aliphatic carboxylic acids is 1. The van der Waals surface area contributed by atoms with Crippen LogP contribution in [0.1, 0.15) is 22.6 Å². The van der Waals surface area contributed by atoms with Gasteiger partial charge in [0, 0.05) is 29.9 Å². The first-order chi connectivity index (χ1) is 17.3. The SMILES string of the molecule is COc1ccc2c(C[C@@](N)(C(=O)O)C(=O)OCC3c4ccccc4-c4ccccc43)cc(=O)oc2c1. The fourth-order valence-electron chi connectivity index (χ4n) is 4.75. The molecule has 0 fully saturated rings. The van der Waals surface area contributed by atoms with E-state index < -0.39 is 29.5 Å². The molecule has 1 aromatic heterocycles. The number of nitrogens with two attached hydrogens (primary N) is 1. The summed E-state index contributed by atoms with van der Waals surface area (Å²) in [7, 11) is 1.47. The predicted octanol–water partition coefficient (Wildman–Crippen LogP) is 3.48. The Kier molecular flexibility index (Phi) is 5.81. The average Bonchev–Trinajstić information content (AvgIpc) is 3.20. The van der Waals surface area contributed by atoms with E-state index >= 15 is 0 Å². The van der Waals surface area contributed by atoms with Gasteiger partial charge in [0.25, 0.3) is 0 Å². The van der Waals surface area contributed by atoms with Crippen LogP contribution in [-0.2, 0) is 20.7 Å². The van der Waals surface area contributed by atoms with E-state index in [0.717, 1.165) is 28.3 Å². The van der Waals surface area contributed by atoms with Crippen molar-refractivity contribution in [3.63, 3.8) is 0 Å². The van der Waals surface area contributed by atoms with E-state index in [4.69, 9.17) is 19.6 Å². The van der Waals surface area contributed by atoms with Gasteiger partial charge < -0.3 is 24.7 Å². The number of carbonyl (C=O) groups is 2. The van der Waals surface area contributed by atoms with Crippen molar-refractivity contribution >= 4 is 22.9 Å². The van der Waals surface area contributed by atoms with Crippen molar-refractivity contribution < 1.29 is 28.6 Å². The maximum atomic E-state index is 13.2. The molecule has 8 nitrogen and oxygen atoms in total. The van der Waals surface area contributed by atoms with Crippen molar-refractivity contribution in [2.24, 2.45) is 5.73 Å². The van der Waals surface area contributed by atoms with Crippen LogP contribution in [0.5, 0.6) is 5.75 Å². The number of esters is 1. The summed E-state index contributed by atoms with van der Waals surface area (Å²) in [5.74, 6) is -2.45. The van der Waals surface area contributed by atoms with Crippen LogP contribution in [0.4, 0.5) is 0 Å². The second-order valence-corrected chi connectivity index (χ2v) is 8.73. The highest BCUT2D eigenvalue weighted by atomic mass is 16.5. The molecule has 8 heteroatoms. The van der Waals surface area contributed by atoms with Crippen LogP contribution in [0.25, 0.3) is 22.1 Å². The molecule has 5 rings (SSSR count). The van der Waals surface area contributed by atoms with Crippen LogP contribution in [0.2, 0.25) is 0 Å². The summed E-state index contributed by atoms with van der Waals surface area (Å²) in [6.07, 6.45) is -0.465. The Balaban J connectivity index is 1.44. The van der Waals surface area contributed by atoms with Crippen molar-refractivity contribution in [2.75, 3.05) is 13.7 Å². The Hall–Kier alpha value is -4.43. The van der Waals surface area contributed by atoms with Crippen molar-refractivity contribution in [3.8, 4) is 16.9 Å². The molecule has 0 radical (unpaired) electrons. The van der Waals surface area contributed by atoms with Crippen LogP contribution in [0.15, 0.2) is 82.0 Å². The zero-order chi connectivity index (χ0) is 25.4. The smallest absolute Gasteiger partial charge is 0.338 e. The number of hydrogen-bond acceptors (Lipinski definition) is 7. The molecule has 0 amide bonds. The van der Waals surface area contributed by atoms with E-state index in [-0.39, 0.29) is 23.7 Å². The molecule has 36 heavy (non-hydrogen) atoms. The Morgan fingerprint density at radius 2 is 1.64 bits per heavy atom. The van der Waals surface area contributed by atoms with Gasteiger partial charge in [-0.3, -0.25) is 0 Å². The van der Waals surface area contributed by atoms with Gasteiger partial charge in [0.15, 0.2) is 0 Å². The van der Waals surface area contributed by atoms with Gasteiger partial charge in [-0.25, -0.2) is 14.4 Å². The predicted molar refractivity (Wildman–Crippen MR) is 132 cm³/mol. The van der Waals surface area contributed by atoms with E-state index in [1.54, 1.807) is 12.1 Å². The summed E-state index contributed by atoms with van der Waals surface area (Å²) < 4.78 is 15.9. The number of carboxylic acids is 1. The lowest BCUT2D eigenvalue weighted by atomic mass is 9.90. The molecule has 1 aliphatic rings. The summed E-state index contributed by atoms with van der Waals surface area (Å²) in [6.45, 7) is -0.0754. The van der Waals surface area contributed by atoms with Crippen molar-refractivity contribution in [1.29, 1.82) is 0 Å². The summed E-state index contributed by atoms with van der Waals surface area (Å²) >= 11 is 0. The van der Waals surface area contributed by atoms with Gasteiger partial charge in [0.05, 0.1) is 7.11 Å². The normalized spacial score (nSPS) is 14.1. The lowest BCUT2D eigenvalue weighted by Crippen LogP contribution is -2.57. The van der Waals surface area contributed by atoms with Crippen LogP contribution >= 0.6 is 0 Å². The van der Waals surface area contributed by atoms with Crippen LogP contribution in [0.3, 0.4) is 0 Å². The number of methoxy groups -OCH3 is 1. The molecule has 0 aliphatic heterocycles. The second-order valence-electron chi connectivity index (χ2n) is 8.73. The topological polar surface area (TPSA) is 129 Å². The number of ether oxygens (including phenoxy) is 2. The van der Waals surface area contributed by atoms with Crippen molar-refractivity contribution in [1.82, 2.24) is 0 Å². The number of rotatable bonds is 7. The van der Waals surface area contributed by atoms with Gasteiger partial charge in [0.1, 0.15) is 17.9 Å². The number of hydrogen-bond donors (Lipinski definition) is 2. The Morgan fingerprint density at radius 3 is 2.25 bits per heavy atom. The standard InChI is InChI=1S/C28H23NO7/c1-34-17-10-11-18-16(12-25(30)36-24(18)13-17)14-28(29,26(31)32)27(33)35-15-23-21-8-4-2-6-19(21)20-7-3-5-9-22(20)23/h2-13,23H,14-15,29H2,1H3,(H,31,32)/t28-/m1/s1. The highest BCUT2D eigenvalue weighted by Crippen LogP contribution is 2.44. The fourth-order valence-corrected chi connectivity index (χ4v) is 4.75. The minimum atomic E-state index is -2.42. The Morgan fingerprint density at radius 1 is 1.00 bits per heavy atom. The molecule has 3 N–H and O–H groups in total. The summed E-state index contributed by atoms with van der Waals surface area (Å²) in [5.41, 5.74) is 7.55. The maximum absolute atomic E-state index is 13.2. The molecular formula is C28H23NO7. The summed E-state index contributed by atoms with van der Waals surface area (Å²) in [6, 6.07) is 21.5. The molecule has 182 valence electrons. The van der Waals surface area contributed by atoms with Gasteiger partial charge in [-0.2, -0.15) is 0 Å². The average molecular weight is 485 g/mol. The molecule has 1 atom stereocenters. The van der Waals surface area contributed by atoms with E-state index in [1.807, 2.05) is 48.5 Å². The van der Waals surface area contributed by atoms with Gasteiger partial charge in [0.2, 0.25) is 5.54 Å². The van der Waals surface area contributed by atoms with Gasteiger partial charge in [-0.1, -0.05) is 48.5 Å². The third kappa shape index (κ3) is 3.91. The molecule has 4 aromatic rings. The number of carbonyl (C=O) groups excluding carboxylic acids is 1. The number of carboxylic acid groups (broad SMARTS) is 1.